The summed E-state index contributed by atoms with van der Waals surface area (Å²) >= 11 is 2.12. The fraction of sp³-hybridized carbons (Fsp3) is 0.889. The van der Waals surface area contributed by atoms with E-state index in [4.69, 9.17) is 5.73 Å². The van der Waals surface area contributed by atoms with E-state index in [2.05, 4.69) is 26.4 Å². The van der Waals surface area contributed by atoms with Crippen LogP contribution in [0.3, 0.4) is 0 Å². The third-order valence-corrected chi connectivity index (χ3v) is 2.51. The van der Waals surface area contributed by atoms with E-state index in [1.807, 2.05) is 13.8 Å². The van der Waals surface area contributed by atoms with Gasteiger partial charge < -0.3 is 5.73 Å². The van der Waals surface area contributed by atoms with E-state index in [1.165, 1.54) is 0 Å². The minimum Gasteiger partial charge on any atom is -0.321 e. The van der Waals surface area contributed by atoms with Crippen LogP contribution in [0.2, 0.25) is 0 Å². The predicted octanol–water partition coefficient (Wildman–Crippen LogP) is 1.65. The summed E-state index contributed by atoms with van der Waals surface area (Å²) in [5, 5.41) is 0. The highest BCUT2D eigenvalue weighted by molar-refractivity contribution is 14.1. The number of hydrogen-bond acceptors (Lipinski definition) is 3. The molecule has 0 amide bonds. The molecule has 4 heteroatoms. The number of Topliss-reactive ketones (excluding diaryl/α,β-unsaturated/α-hetero) is 1. The van der Waals surface area contributed by atoms with Crippen molar-refractivity contribution in [2.24, 2.45) is 11.7 Å². The van der Waals surface area contributed by atoms with Crippen LogP contribution >= 0.6 is 22.9 Å². The van der Waals surface area contributed by atoms with Gasteiger partial charge in [-0.15, -0.1) is 0 Å². The van der Waals surface area contributed by atoms with Crippen molar-refractivity contribution in [1.82, 2.24) is 3.53 Å². The summed E-state index contributed by atoms with van der Waals surface area (Å²) in [7, 11) is 0. The minimum absolute atomic E-state index is 0.0673. The van der Waals surface area contributed by atoms with Crippen molar-refractivity contribution in [2.75, 3.05) is 6.54 Å². The molecule has 3 N–H and O–H groups in total. The molecule has 1 atom stereocenters. The highest BCUT2D eigenvalue weighted by atomic mass is 127. The van der Waals surface area contributed by atoms with E-state index in [-0.39, 0.29) is 17.7 Å². The molecule has 0 aromatic carbocycles. The molecule has 0 rings (SSSR count). The Hall–Kier alpha value is 0.320. The average molecular weight is 298 g/mol. The van der Waals surface area contributed by atoms with E-state index < -0.39 is 0 Å². The van der Waals surface area contributed by atoms with Crippen molar-refractivity contribution < 1.29 is 4.79 Å². The van der Waals surface area contributed by atoms with Gasteiger partial charge in [-0.05, 0) is 12.8 Å². The van der Waals surface area contributed by atoms with Crippen molar-refractivity contribution in [3.05, 3.63) is 0 Å². The van der Waals surface area contributed by atoms with Crippen molar-refractivity contribution in [2.45, 2.75) is 39.2 Å². The number of carbonyl (C=O) groups is 1. The molecule has 1 unspecified atom stereocenters. The quantitative estimate of drug-likeness (QED) is 0.427. The Labute approximate surface area is 94.3 Å². The molecule has 0 aromatic heterocycles. The Balaban J connectivity index is 3.50. The molecular weight excluding hydrogens is 279 g/mol. The summed E-state index contributed by atoms with van der Waals surface area (Å²) in [6, 6.07) is -0.255. The van der Waals surface area contributed by atoms with Crippen LogP contribution < -0.4 is 9.26 Å². The molecule has 0 saturated carbocycles. The van der Waals surface area contributed by atoms with E-state index >= 15 is 0 Å². The minimum atomic E-state index is -0.255. The van der Waals surface area contributed by atoms with Crippen molar-refractivity contribution in [1.29, 1.82) is 0 Å². The molecular formula is C9H19IN2O. The molecule has 0 spiro atoms. The zero-order valence-corrected chi connectivity index (χ0v) is 10.5. The van der Waals surface area contributed by atoms with Gasteiger partial charge in [-0.1, -0.05) is 20.3 Å². The molecule has 0 radical (unpaired) electrons. The van der Waals surface area contributed by atoms with Crippen LogP contribution in [0.15, 0.2) is 0 Å². The molecule has 0 bridgehead atoms. The number of carbonyl (C=O) groups excluding carboxylic acids is 1. The molecule has 78 valence electrons. The van der Waals surface area contributed by atoms with E-state index in [0.717, 1.165) is 25.8 Å². The molecule has 0 aliphatic rings. The summed E-state index contributed by atoms with van der Waals surface area (Å²) in [6.45, 7) is 4.78. The first kappa shape index (κ1) is 13.3. The molecule has 0 fully saturated rings. The number of halogens is 1. The van der Waals surface area contributed by atoms with E-state index in [1.54, 1.807) is 0 Å². The first-order valence-electron chi connectivity index (χ1n) is 4.72. The smallest absolute Gasteiger partial charge is 0.152 e. The number of nitrogens with one attached hydrogen (secondary N) is 1. The first-order chi connectivity index (χ1) is 6.09. The van der Waals surface area contributed by atoms with Gasteiger partial charge in [-0.25, -0.2) is 0 Å². The maximum absolute atomic E-state index is 11.4. The van der Waals surface area contributed by atoms with Crippen LogP contribution in [0.4, 0.5) is 0 Å². The fourth-order valence-corrected chi connectivity index (χ4v) is 1.51. The highest BCUT2D eigenvalue weighted by Crippen LogP contribution is 2.05. The molecule has 0 aromatic rings. The van der Waals surface area contributed by atoms with Crippen molar-refractivity contribution in [3.8, 4) is 0 Å². The number of rotatable bonds is 7. The molecule has 0 aliphatic carbocycles. The Kier molecular flexibility index (Phi) is 7.89. The SMILES string of the molecule is CC(C)C(=O)C(N)CCCCNI. The van der Waals surface area contributed by atoms with Crippen LogP contribution in [0.1, 0.15) is 33.1 Å². The lowest BCUT2D eigenvalue weighted by Gasteiger charge is -2.12. The lowest BCUT2D eigenvalue weighted by molar-refractivity contribution is -0.123. The van der Waals surface area contributed by atoms with Crippen LogP contribution in [0, 0.1) is 5.92 Å². The molecule has 3 nitrogen and oxygen atoms in total. The first-order valence-corrected chi connectivity index (χ1v) is 5.80. The van der Waals surface area contributed by atoms with Gasteiger partial charge >= 0.3 is 0 Å². The number of hydrogen-bond donors (Lipinski definition) is 2. The zero-order valence-electron chi connectivity index (χ0n) is 8.35. The van der Waals surface area contributed by atoms with Crippen LogP contribution in [0.5, 0.6) is 0 Å². The Bertz CT molecular complexity index is 151. The van der Waals surface area contributed by atoms with Gasteiger partial charge in [-0.3, -0.25) is 8.32 Å². The van der Waals surface area contributed by atoms with Crippen LogP contribution in [-0.2, 0) is 4.79 Å². The number of ketones is 1. The molecule has 13 heavy (non-hydrogen) atoms. The number of nitrogens with two attached hydrogens (primary N) is 1. The Morgan fingerprint density at radius 3 is 2.54 bits per heavy atom. The van der Waals surface area contributed by atoms with E-state index in [0.29, 0.717) is 0 Å². The van der Waals surface area contributed by atoms with Crippen molar-refractivity contribution >= 4 is 28.6 Å². The standard InChI is InChI=1S/C9H19IN2O/c1-7(2)9(13)8(11)5-3-4-6-12-10/h7-8,12H,3-6,11H2,1-2H3. The second-order valence-electron chi connectivity index (χ2n) is 3.54. The molecule has 0 aliphatic heterocycles. The monoisotopic (exact) mass is 298 g/mol. The highest BCUT2D eigenvalue weighted by Gasteiger charge is 2.15. The maximum atomic E-state index is 11.4. The lowest BCUT2D eigenvalue weighted by Crippen LogP contribution is -2.33. The van der Waals surface area contributed by atoms with Crippen LogP contribution in [0.25, 0.3) is 0 Å². The number of unbranched alkanes of at least 4 members (excludes halogenated alkanes) is 1. The zero-order chi connectivity index (χ0) is 10.3. The van der Waals surface area contributed by atoms with Gasteiger partial charge in [0.2, 0.25) is 0 Å². The second-order valence-corrected chi connectivity index (χ2v) is 4.31. The average Bonchev–Trinajstić information content (AvgIpc) is 2.10. The van der Waals surface area contributed by atoms with Gasteiger partial charge in [0.25, 0.3) is 0 Å². The Morgan fingerprint density at radius 1 is 1.46 bits per heavy atom. The van der Waals surface area contributed by atoms with Crippen LogP contribution in [-0.4, -0.2) is 18.4 Å². The van der Waals surface area contributed by atoms with E-state index in [9.17, 15) is 4.79 Å². The largest absolute Gasteiger partial charge is 0.321 e. The molecule has 0 heterocycles. The second kappa shape index (κ2) is 7.70. The fourth-order valence-electron chi connectivity index (χ4n) is 1.13. The topological polar surface area (TPSA) is 55.1 Å². The summed E-state index contributed by atoms with van der Waals surface area (Å²) in [6.07, 6.45) is 2.92. The van der Waals surface area contributed by atoms with Gasteiger partial charge in [-0.2, -0.15) is 0 Å². The molecule has 0 saturated heterocycles. The third-order valence-electron chi connectivity index (χ3n) is 1.97. The summed E-state index contributed by atoms with van der Waals surface area (Å²) in [5.41, 5.74) is 5.73. The Morgan fingerprint density at radius 2 is 2.08 bits per heavy atom. The summed E-state index contributed by atoms with van der Waals surface area (Å²) < 4.78 is 3.04. The predicted molar refractivity (Wildman–Crippen MR) is 63.7 cm³/mol. The van der Waals surface area contributed by atoms with Gasteiger partial charge in [0.1, 0.15) is 0 Å². The normalized spacial score (nSPS) is 13.3. The summed E-state index contributed by atoms with van der Waals surface area (Å²) in [5.74, 6) is 0.250. The maximum Gasteiger partial charge on any atom is 0.152 e. The summed E-state index contributed by atoms with van der Waals surface area (Å²) in [4.78, 5) is 11.4. The van der Waals surface area contributed by atoms with Gasteiger partial charge in [0.05, 0.1) is 6.04 Å². The van der Waals surface area contributed by atoms with Crippen molar-refractivity contribution in [3.63, 3.8) is 0 Å². The lowest BCUT2D eigenvalue weighted by atomic mass is 9.98. The van der Waals surface area contributed by atoms with Gasteiger partial charge in [0, 0.05) is 35.3 Å². The van der Waals surface area contributed by atoms with Gasteiger partial charge in [0.15, 0.2) is 5.78 Å². The third kappa shape index (κ3) is 6.40.